The van der Waals surface area contributed by atoms with Crippen LogP contribution in [0.25, 0.3) is 0 Å². The fourth-order valence-corrected chi connectivity index (χ4v) is 1.86. The molecule has 0 spiro atoms. The summed E-state index contributed by atoms with van der Waals surface area (Å²) >= 11 is 0. The Morgan fingerprint density at radius 3 is 2.33 bits per heavy atom. The van der Waals surface area contributed by atoms with E-state index >= 15 is 0 Å². The van der Waals surface area contributed by atoms with Crippen LogP contribution in [0.5, 0.6) is 17.4 Å². The van der Waals surface area contributed by atoms with E-state index in [1.807, 2.05) is 20.8 Å². The maximum atomic E-state index is 7.68. The topological polar surface area (TPSA) is 94.1 Å². The summed E-state index contributed by atoms with van der Waals surface area (Å²) in [6.07, 6.45) is 0. The van der Waals surface area contributed by atoms with E-state index in [9.17, 15) is 0 Å². The average Bonchev–Trinajstić information content (AvgIpc) is 2.45. The molecule has 1 aromatic carbocycles. The maximum absolute atomic E-state index is 7.68. The maximum Gasteiger partial charge on any atom is 0.250 e. The number of hydrogen-bond donors (Lipinski definition) is 2. The summed E-state index contributed by atoms with van der Waals surface area (Å²) in [6, 6.07) is 7.15. The lowest BCUT2D eigenvalue weighted by Gasteiger charge is -2.12. The Labute approximate surface area is 123 Å². The van der Waals surface area contributed by atoms with Gasteiger partial charge in [-0.05, 0) is 50.6 Å². The van der Waals surface area contributed by atoms with Crippen molar-refractivity contribution in [2.45, 2.75) is 20.8 Å². The number of nitrogens with two attached hydrogens (primary N) is 1. The standard InChI is InChI=1S/C15H18N4O2/c1-4-20-11-5-7-12(8-6-11)21-15-13(14(16)17)9(2)10(3)18-19-15/h5-8H,4H2,1-3H3,(H3,16,17). The molecular formula is C15H18N4O2. The van der Waals surface area contributed by atoms with Crippen molar-refractivity contribution in [2.24, 2.45) is 5.73 Å². The summed E-state index contributed by atoms with van der Waals surface area (Å²) in [7, 11) is 0. The molecule has 110 valence electrons. The SMILES string of the molecule is CCOc1ccc(Oc2nnc(C)c(C)c2C(=N)N)cc1. The number of aryl methyl sites for hydroxylation is 1. The zero-order chi connectivity index (χ0) is 15.4. The van der Waals surface area contributed by atoms with Crippen LogP contribution in [-0.4, -0.2) is 22.6 Å². The minimum absolute atomic E-state index is 0.0913. The molecular weight excluding hydrogens is 268 g/mol. The van der Waals surface area contributed by atoms with E-state index in [2.05, 4.69) is 10.2 Å². The highest BCUT2D eigenvalue weighted by Gasteiger charge is 2.15. The number of amidine groups is 1. The molecule has 2 aromatic rings. The third-order valence-electron chi connectivity index (χ3n) is 3.04. The van der Waals surface area contributed by atoms with Crippen LogP contribution in [0.2, 0.25) is 0 Å². The average molecular weight is 286 g/mol. The van der Waals surface area contributed by atoms with Crippen molar-refractivity contribution >= 4 is 5.84 Å². The van der Waals surface area contributed by atoms with Gasteiger partial charge in [0.1, 0.15) is 17.3 Å². The van der Waals surface area contributed by atoms with Gasteiger partial charge in [-0.1, -0.05) is 0 Å². The van der Waals surface area contributed by atoms with Crippen molar-refractivity contribution in [3.63, 3.8) is 0 Å². The minimum Gasteiger partial charge on any atom is -0.494 e. The van der Waals surface area contributed by atoms with E-state index in [-0.39, 0.29) is 11.7 Å². The van der Waals surface area contributed by atoms with E-state index < -0.39 is 0 Å². The Balaban J connectivity index is 2.31. The van der Waals surface area contributed by atoms with Crippen molar-refractivity contribution in [3.8, 4) is 17.4 Å². The van der Waals surface area contributed by atoms with E-state index in [1.54, 1.807) is 24.3 Å². The molecule has 0 fully saturated rings. The third kappa shape index (κ3) is 3.28. The lowest BCUT2D eigenvalue weighted by atomic mass is 10.1. The van der Waals surface area contributed by atoms with Crippen LogP contribution in [0.3, 0.4) is 0 Å². The fourth-order valence-electron chi connectivity index (χ4n) is 1.86. The summed E-state index contributed by atoms with van der Waals surface area (Å²) in [6.45, 7) is 6.19. The van der Waals surface area contributed by atoms with Crippen LogP contribution in [0.4, 0.5) is 0 Å². The van der Waals surface area contributed by atoms with Crippen LogP contribution in [0.15, 0.2) is 24.3 Å². The van der Waals surface area contributed by atoms with Crippen LogP contribution in [-0.2, 0) is 0 Å². The quantitative estimate of drug-likeness (QED) is 0.650. The van der Waals surface area contributed by atoms with Gasteiger partial charge < -0.3 is 15.2 Å². The number of nitrogen functional groups attached to an aromatic ring is 1. The smallest absolute Gasteiger partial charge is 0.250 e. The number of hydrogen-bond acceptors (Lipinski definition) is 5. The molecule has 0 amide bonds. The van der Waals surface area contributed by atoms with E-state index in [4.69, 9.17) is 20.6 Å². The van der Waals surface area contributed by atoms with Crippen molar-refractivity contribution < 1.29 is 9.47 Å². The predicted octanol–water partition coefficient (Wildman–Crippen LogP) is 2.57. The minimum atomic E-state index is -0.0913. The molecule has 1 heterocycles. The number of benzene rings is 1. The second kappa shape index (κ2) is 6.21. The van der Waals surface area contributed by atoms with Gasteiger partial charge in [0.05, 0.1) is 17.9 Å². The van der Waals surface area contributed by atoms with Gasteiger partial charge in [0.15, 0.2) is 0 Å². The molecule has 0 atom stereocenters. The van der Waals surface area contributed by atoms with Crippen molar-refractivity contribution in [1.82, 2.24) is 10.2 Å². The van der Waals surface area contributed by atoms with Gasteiger partial charge in [-0.2, -0.15) is 5.10 Å². The first-order valence-corrected chi connectivity index (χ1v) is 6.62. The van der Waals surface area contributed by atoms with E-state index in [1.165, 1.54) is 0 Å². The van der Waals surface area contributed by atoms with Crippen LogP contribution >= 0.6 is 0 Å². The second-order valence-electron chi connectivity index (χ2n) is 4.51. The third-order valence-corrected chi connectivity index (χ3v) is 3.04. The van der Waals surface area contributed by atoms with Gasteiger partial charge in [-0.25, -0.2) is 0 Å². The second-order valence-corrected chi connectivity index (χ2v) is 4.51. The zero-order valence-corrected chi connectivity index (χ0v) is 12.3. The number of rotatable bonds is 5. The molecule has 3 N–H and O–H groups in total. The number of ether oxygens (including phenoxy) is 2. The van der Waals surface area contributed by atoms with Gasteiger partial charge in [0.2, 0.25) is 5.88 Å². The fraction of sp³-hybridized carbons (Fsp3) is 0.267. The molecule has 2 rings (SSSR count). The largest absolute Gasteiger partial charge is 0.494 e. The monoisotopic (exact) mass is 286 g/mol. The van der Waals surface area contributed by atoms with Crippen molar-refractivity contribution in [3.05, 3.63) is 41.1 Å². The molecule has 0 saturated heterocycles. The van der Waals surface area contributed by atoms with Gasteiger partial charge in [-0.15, -0.1) is 5.10 Å². The summed E-state index contributed by atoms with van der Waals surface area (Å²) < 4.78 is 11.1. The molecule has 0 saturated carbocycles. The van der Waals surface area contributed by atoms with Gasteiger partial charge >= 0.3 is 0 Å². The Morgan fingerprint density at radius 1 is 1.14 bits per heavy atom. The lowest BCUT2D eigenvalue weighted by molar-refractivity contribution is 0.339. The van der Waals surface area contributed by atoms with Gasteiger partial charge in [-0.3, -0.25) is 5.41 Å². The molecule has 0 aliphatic heterocycles. The van der Waals surface area contributed by atoms with E-state index in [0.717, 1.165) is 17.0 Å². The van der Waals surface area contributed by atoms with Crippen LogP contribution in [0, 0.1) is 19.3 Å². The molecule has 0 aliphatic carbocycles. The molecule has 0 radical (unpaired) electrons. The van der Waals surface area contributed by atoms with Gasteiger partial charge in [0, 0.05) is 0 Å². The number of nitrogens with one attached hydrogen (secondary N) is 1. The van der Waals surface area contributed by atoms with Gasteiger partial charge in [0.25, 0.3) is 0 Å². The molecule has 6 heteroatoms. The highest BCUT2D eigenvalue weighted by Crippen LogP contribution is 2.27. The summed E-state index contributed by atoms with van der Waals surface area (Å²) in [5.41, 5.74) is 7.60. The number of nitrogens with zero attached hydrogens (tertiary/aromatic N) is 2. The van der Waals surface area contributed by atoms with Crippen molar-refractivity contribution in [1.29, 1.82) is 5.41 Å². The lowest BCUT2D eigenvalue weighted by Crippen LogP contribution is -2.16. The Morgan fingerprint density at radius 2 is 1.76 bits per heavy atom. The Bertz CT molecular complexity index is 653. The first-order valence-electron chi connectivity index (χ1n) is 6.62. The Kier molecular flexibility index (Phi) is 4.37. The van der Waals surface area contributed by atoms with Crippen molar-refractivity contribution in [2.75, 3.05) is 6.61 Å². The summed E-state index contributed by atoms with van der Waals surface area (Å²) in [5, 5.41) is 15.7. The normalized spacial score (nSPS) is 10.2. The van der Waals surface area contributed by atoms with E-state index in [0.29, 0.717) is 17.9 Å². The summed E-state index contributed by atoms with van der Waals surface area (Å²) in [5.74, 6) is 1.49. The molecule has 0 unspecified atom stereocenters. The highest BCUT2D eigenvalue weighted by molar-refractivity contribution is 5.98. The molecule has 0 aliphatic rings. The molecule has 21 heavy (non-hydrogen) atoms. The first kappa shape index (κ1) is 14.8. The first-order chi connectivity index (χ1) is 10.0. The number of aromatic nitrogens is 2. The zero-order valence-electron chi connectivity index (χ0n) is 12.3. The predicted molar refractivity (Wildman–Crippen MR) is 80.2 cm³/mol. The summed E-state index contributed by atoms with van der Waals surface area (Å²) in [4.78, 5) is 0. The van der Waals surface area contributed by atoms with Crippen LogP contribution in [0.1, 0.15) is 23.7 Å². The molecule has 1 aromatic heterocycles. The highest BCUT2D eigenvalue weighted by atomic mass is 16.5. The molecule has 0 bridgehead atoms. The molecule has 6 nitrogen and oxygen atoms in total. The Hall–Kier alpha value is -2.63. The van der Waals surface area contributed by atoms with Crippen LogP contribution < -0.4 is 15.2 Å².